The predicted octanol–water partition coefficient (Wildman–Crippen LogP) is 5.63. The maximum Gasteiger partial charge on any atom is 0.273 e. The zero-order chi connectivity index (χ0) is 20.4. The van der Waals surface area contributed by atoms with E-state index in [0.29, 0.717) is 12.2 Å². The molecular formula is C18H32F4O3S2. The molecule has 1 N–H and O–H groups in total. The highest BCUT2D eigenvalue weighted by molar-refractivity contribution is 8.00. The summed E-state index contributed by atoms with van der Waals surface area (Å²) in [4.78, 5) is 0. The first-order valence-corrected chi connectivity index (χ1v) is 12.4. The molecule has 1 saturated carbocycles. The molecule has 4 atom stereocenters. The Hall–Kier alpha value is -0.0200. The number of rotatable bonds is 13. The highest BCUT2D eigenvalue weighted by atomic mass is 32.2. The minimum Gasteiger partial charge on any atom is -0.285 e. The van der Waals surface area contributed by atoms with Crippen molar-refractivity contribution in [1.82, 2.24) is 0 Å². The summed E-state index contributed by atoms with van der Waals surface area (Å²) in [6.07, 6.45) is 0.616. The van der Waals surface area contributed by atoms with Crippen molar-refractivity contribution < 1.29 is 30.5 Å². The van der Waals surface area contributed by atoms with Gasteiger partial charge in [-0.3, -0.25) is 4.55 Å². The number of thioether (sulfide) groups is 1. The summed E-state index contributed by atoms with van der Waals surface area (Å²) in [6.45, 7) is 2.18. The molecule has 0 saturated heterocycles. The third-order valence-electron chi connectivity index (χ3n) is 5.02. The van der Waals surface area contributed by atoms with Gasteiger partial charge < -0.3 is 0 Å². The summed E-state index contributed by atoms with van der Waals surface area (Å²) in [5, 5.41) is -4.29. The van der Waals surface area contributed by atoms with Gasteiger partial charge in [0, 0.05) is 0 Å². The predicted molar refractivity (Wildman–Crippen MR) is 103 cm³/mol. The Morgan fingerprint density at radius 2 is 1.15 bits per heavy atom. The van der Waals surface area contributed by atoms with Crippen LogP contribution < -0.4 is 0 Å². The van der Waals surface area contributed by atoms with Gasteiger partial charge >= 0.3 is 0 Å². The van der Waals surface area contributed by atoms with Crippen molar-refractivity contribution in [2.24, 2.45) is 0 Å². The van der Waals surface area contributed by atoms with Crippen molar-refractivity contribution in [2.45, 2.75) is 106 Å². The number of hydrogen-bond acceptors (Lipinski definition) is 3. The second kappa shape index (κ2) is 12.5. The van der Waals surface area contributed by atoms with Crippen LogP contribution in [-0.4, -0.2) is 53.9 Å². The molecule has 0 heterocycles. The second-order valence-electron chi connectivity index (χ2n) is 7.27. The van der Waals surface area contributed by atoms with Crippen LogP contribution in [-0.2, 0) is 10.1 Å². The van der Waals surface area contributed by atoms with E-state index in [4.69, 9.17) is 4.55 Å². The van der Waals surface area contributed by atoms with Gasteiger partial charge in [0.25, 0.3) is 10.1 Å². The molecule has 0 aromatic carbocycles. The molecule has 1 aliphatic rings. The molecule has 0 radical (unpaired) electrons. The molecule has 0 bridgehead atoms. The summed E-state index contributed by atoms with van der Waals surface area (Å²) in [5.74, 6) is 0.359. The largest absolute Gasteiger partial charge is 0.285 e. The van der Waals surface area contributed by atoms with Crippen molar-refractivity contribution in [2.75, 3.05) is 5.75 Å². The van der Waals surface area contributed by atoms with Gasteiger partial charge in [-0.05, 0) is 12.2 Å². The number of unbranched alkanes of at least 4 members (excludes halogenated alkanes) is 9. The van der Waals surface area contributed by atoms with Crippen molar-refractivity contribution >= 4 is 21.9 Å². The molecular weight excluding hydrogens is 404 g/mol. The lowest BCUT2D eigenvalue weighted by Gasteiger charge is -2.37. The van der Waals surface area contributed by atoms with Gasteiger partial charge in [-0.25, -0.2) is 17.6 Å². The van der Waals surface area contributed by atoms with Crippen LogP contribution in [0.15, 0.2) is 0 Å². The van der Waals surface area contributed by atoms with Gasteiger partial charge in [-0.15, -0.1) is 0 Å². The Balaban J connectivity index is 2.25. The van der Waals surface area contributed by atoms with Gasteiger partial charge in [0.15, 0.2) is 17.6 Å². The molecule has 1 fully saturated rings. The highest BCUT2D eigenvalue weighted by Gasteiger charge is 2.57. The van der Waals surface area contributed by atoms with Crippen LogP contribution in [0.2, 0.25) is 0 Å². The molecule has 4 unspecified atom stereocenters. The highest BCUT2D eigenvalue weighted by Crippen LogP contribution is 2.39. The van der Waals surface area contributed by atoms with Gasteiger partial charge in [-0.1, -0.05) is 64.7 Å². The summed E-state index contributed by atoms with van der Waals surface area (Å²) < 4.78 is 86.8. The van der Waals surface area contributed by atoms with E-state index in [1.807, 2.05) is 0 Å². The molecule has 9 heteroatoms. The first-order valence-electron chi connectivity index (χ1n) is 9.86. The zero-order valence-electron chi connectivity index (χ0n) is 15.8. The molecule has 1 rings (SSSR count). The van der Waals surface area contributed by atoms with E-state index in [0.717, 1.165) is 31.0 Å². The first kappa shape index (κ1) is 25.0. The summed E-state index contributed by atoms with van der Waals surface area (Å²) in [7, 11) is -5.20. The van der Waals surface area contributed by atoms with Crippen LogP contribution in [0.1, 0.15) is 71.1 Å². The SMILES string of the molecule is CCCCCCCCCCCCSC1C(F)C(F)C(S(=O)(=O)O)C(F)C1F. The smallest absolute Gasteiger partial charge is 0.273 e. The molecule has 1 aliphatic carbocycles. The molecule has 0 aromatic rings. The first-order chi connectivity index (χ1) is 12.7. The average molecular weight is 437 g/mol. The second-order valence-corrected chi connectivity index (χ2v) is 10.1. The van der Waals surface area contributed by atoms with Gasteiger partial charge in [-0.2, -0.15) is 20.2 Å². The van der Waals surface area contributed by atoms with Crippen LogP contribution in [0.3, 0.4) is 0 Å². The van der Waals surface area contributed by atoms with Crippen molar-refractivity contribution in [3.05, 3.63) is 0 Å². The minimum atomic E-state index is -5.20. The fraction of sp³-hybridized carbons (Fsp3) is 1.00. The fourth-order valence-electron chi connectivity index (χ4n) is 3.40. The van der Waals surface area contributed by atoms with E-state index >= 15 is 0 Å². The van der Waals surface area contributed by atoms with Gasteiger partial charge in [0.05, 0.1) is 5.25 Å². The molecule has 0 aromatic heterocycles. The van der Waals surface area contributed by atoms with Crippen LogP contribution in [0.25, 0.3) is 0 Å². The lowest BCUT2D eigenvalue weighted by atomic mass is 9.92. The molecule has 0 aliphatic heterocycles. The van der Waals surface area contributed by atoms with Crippen molar-refractivity contribution in [3.8, 4) is 0 Å². The van der Waals surface area contributed by atoms with E-state index in [-0.39, 0.29) is 0 Å². The third-order valence-corrected chi connectivity index (χ3v) is 7.65. The molecule has 3 nitrogen and oxygen atoms in total. The quantitative estimate of drug-likeness (QED) is 0.231. The van der Waals surface area contributed by atoms with E-state index in [9.17, 15) is 26.0 Å². The summed E-state index contributed by atoms with van der Waals surface area (Å²) in [5.41, 5.74) is 0. The van der Waals surface area contributed by atoms with Gasteiger partial charge in [0.1, 0.15) is 12.3 Å². The van der Waals surface area contributed by atoms with E-state index in [1.165, 1.54) is 38.5 Å². The number of hydrogen-bond donors (Lipinski definition) is 1. The maximum absolute atomic E-state index is 14.1. The van der Waals surface area contributed by atoms with Crippen LogP contribution in [0, 0.1) is 0 Å². The van der Waals surface area contributed by atoms with E-state index in [1.54, 1.807) is 0 Å². The standard InChI is InChI=1S/C18H32F4O3S2/c1-2-3-4-5-6-7-8-9-10-11-12-26-17-13(19)15(21)18(27(23,24)25)16(22)14(17)20/h13-18H,2-12H2,1H3,(H,23,24,25). The fourth-order valence-corrected chi connectivity index (χ4v) is 5.67. The van der Waals surface area contributed by atoms with Crippen molar-refractivity contribution in [3.63, 3.8) is 0 Å². The number of halogens is 4. The third kappa shape index (κ3) is 8.09. The number of alkyl halides is 4. The maximum atomic E-state index is 14.1. The molecule has 27 heavy (non-hydrogen) atoms. The lowest BCUT2D eigenvalue weighted by molar-refractivity contribution is 0.0225. The lowest BCUT2D eigenvalue weighted by Crippen LogP contribution is -2.59. The molecule has 0 spiro atoms. The Labute approximate surface area is 164 Å². The average Bonchev–Trinajstić information content (AvgIpc) is 2.59. The van der Waals surface area contributed by atoms with Crippen LogP contribution in [0.4, 0.5) is 17.6 Å². The molecule has 162 valence electrons. The Morgan fingerprint density at radius 1 is 0.741 bits per heavy atom. The summed E-state index contributed by atoms with van der Waals surface area (Å²) >= 11 is 0.805. The van der Waals surface area contributed by atoms with Crippen LogP contribution >= 0.6 is 11.8 Å². The topological polar surface area (TPSA) is 54.4 Å². The monoisotopic (exact) mass is 436 g/mol. The van der Waals surface area contributed by atoms with E-state index < -0.39 is 45.3 Å². The van der Waals surface area contributed by atoms with Gasteiger partial charge in [0.2, 0.25) is 0 Å². The Morgan fingerprint density at radius 3 is 1.56 bits per heavy atom. The summed E-state index contributed by atoms with van der Waals surface area (Å²) in [6, 6.07) is 0. The zero-order valence-corrected chi connectivity index (χ0v) is 17.5. The minimum absolute atomic E-state index is 0.359. The van der Waals surface area contributed by atoms with E-state index in [2.05, 4.69) is 6.92 Å². The Kier molecular flexibility index (Phi) is 11.6. The normalized spacial score (nSPS) is 31.9. The van der Waals surface area contributed by atoms with Crippen molar-refractivity contribution in [1.29, 1.82) is 0 Å². The Bertz CT molecular complexity index is 491. The molecule has 0 amide bonds. The van der Waals surface area contributed by atoms with Crippen LogP contribution in [0.5, 0.6) is 0 Å².